The van der Waals surface area contributed by atoms with Crippen molar-refractivity contribution in [1.82, 2.24) is 0 Å². The average molecular weight is 680 g/mol. The summed E-state index contributed by atoms with van der Waals surface area (Å²) in [7, 11) is 0. The van der Waals surface area contributed by atoms with Crippen molar-refractivity contribution in [3.05, 3.63) is 199 Å². The number of benzene rings is 8. The first kappa shape index (κ1) is 31.1. The molecule has 10 rings (SSSR count). The Morgan fingerprint density at radius 2 is 0.981 bits per heavy atom. The van der Waals surface area contributed by atoms with Crippen molar-refractivity contribution in [3.63, 3.8) is 0 Å². The second-order valence-corrected chi connectivity index (χ2v) is 14.5. The summed E-state index contributed by atoms with van der Waals surface area (Å²) in [6.07, 6.45) is 0. The van der Waals surface area contributed by atoms with Crippen LogP contribution in [0.2, 0.25) is 0 Å². The largest absolute Gasteiger partial charge is 0.455 e. The van der Waals surface area contributed by atoms with Crippen molar-refractivity contribution < 1.29 is 4.42 Å². The molecule has 2 nitrogen and oxygen atoms in total. The zero-order valence-electron chi connectivity index (χ0n) is 29.8. The zero-order valence-corrected chi connectivity index (χ0v) is 29.8. The van der Waals surface area contributed by atoms with E-state index in [4.69, 9.17) is 4.42 Å². The quantitative estimate of drug-likeness (QED) is 0.174. The summed E-state index contributed by atoms with van der Waals surface area (Å²) in [6.45, 7) is 4.69. The highest BCUT2D eigenvalue weighted by Crippen LogP contribution is 2.56. The molecular weight excluding hydrogens is 643 g/mol. The van der Waals surface area contributed by atoms with E-state index in [-0.39, 0.29) is 5.41 Å². The number of anilines is 3. The van der Waals surface area contributed by atoms with E-state index in [0.29, 0.717) is 0 Å². The van der Waals surface area contributed by atoms with Crippen LogP contribution in [0.3, 0.4) is 0 Å². The predicted octanol–water partition coefficient (Wildman–Crippen LogP) is 14.4. The van der Waals surface area contributed by atoms with Crippen LogP contribution in [0.15, 0.2) is 192 Å². The normalized spacial score (nSPS) is 12.9. The highest BCUT2D eigenvalue weighted by Gasteiger charge is 2.38. The Morgan fingerprint density at radius 1 is 0.415 bits per heavy atom. The highest BCUT2D eigenvalue weighted by molar-refractivity contribution is 6.19. The standard InChI is InChI=1S/C51H37NO/c1-51(2)44-30-13-12-27-42(44)48-45(51)33-46-49(43-29-16-28-41(50(43)53-46)36-20-14-19-35(31-36)34-17-6-3-7-18-34)47(48)37-21-15-26-40(32-37)52(38-22-8-4-9-23-38)39-24-10-5-11-25-39/h3-33H,1-2H3. The lowest BCUT2D eigenvalue weighted by Crippen LogP contribution is -2.14. The molecule has 53 heavy (non-hydrogen) atoms. The summed E-state index contributed by atoms with van der Waals surface area (Å²) >= 11 is 0. The summed E-state index contributed by atoms with van der Waals surface area (Å²) in [5, 5.41) is 2.27. The Bertz CT molecular complexity index is 2760. The fraction of sp³-hybridized carbons (Fsp3) is 0.0588. The van der Waals surface area contributed by atoms with Gasteiger partial charge in [-0.3, -0.25) is 0 Å². The second-order valence-electron chi connectivity index (χ2n) is 14.5. The monoisotopic (exact) mass is 679 g/mol. The van der Waals surface area contributed by atoms with Gasteiger partial charge in [0.1, 0.15) is 11.2 Å². The maximum atomic E-state index is 7.07. The predicted molar refractivity (Wildman–Crippen MR) is 222 cm³/mol. The first-order valence-corrected chi connectivity index (χ1v) is 18.4. The van der Waals surface area contributed by atoms with Crippen LogP contribution in [0.4, 0.5) is 17.1 Å². The Morgan fingerprint density at radius 3 is 1.74 bits per heavy atom. The molecule has 0 saturated heterocycles. The van der Waals surface area contributed by atoms with Crippen LogP contribution >= 0.6 is 0 Å². The van der Waals surface area contributed by atoms with Gasteiger partial charge in [-0.25, -0.2) is 0 Å². The lowest BCUT2D eigenvalue weighted by Gasteiger charge is -2.26. The Balaban J connectivity index is 1.25. The highest BCUT2D eigenvalue weighted by atomic mass is 16.3. The van der Waals surface area contributed by atoms with Gasteiger partial charge in [0.2, 0.25) is 0 Å². The molecule has 0 saturated carbocycles. The molecule has 1 heterocycles. The minimum absolute atomic E-state index is 0.196. The van der Waals surface area contributed by atoms with Crippen LogP contribution in [-0.4, -0.2) is 0 Å². The van der Waals surface area contributed by atoms with Crippen molar-refractivity contribution in [2.24, 2.45) is 0 Å². The summed E-state index contributed by atoms with van der Waals surface area (Å²) in [5.41, 5.74) is 17.2. The van der Waals surface area contributed by atoms with Gasteiger partial charge in [0, 0.05) is 44.4 Å². The lowest BCUT2D eigenvalue weighted by atomic mass is 9.81. The summed E-state index contributed by atoms with van der Waals surface area (Å²) < 4.78 is 7.07. The van der Waals surface area contributed by atoms with Crippen LogP contribution in [0.1, 0.15) is 25.0 Å². The number of hydrogen-bond acceptors (Lipinski definition) is 2. The van der Waals surface area contributed by atoms with Gasteiger partial charge in [-0.05, 0) is 93.0 Å². The molecule has 0 fully saturated rings. The van der Waals surface area contributed by atoms with E-state index in [1.165, 1.54) is 38.9 Å². The third kappa shape index (κ3) is 5.02. The maximum Gasteiger partial charge on any atom is 0.143 e. The minimum atomic E-state index is -0.196. The third-order valence-electron chi connectivity index (χ3n) is 11.0. The van der Waals surface area contributed by atoms with Gasteiger partial charge in [-0.1, -0.05) is 153 Å². The van der Waals surface area contributed by atoms with Gasteiger partial charge in [0.15, 0.2) is 0 Å². The van der Waals surface area contributed by atoms with E-state index < -0.39 is 0 Å². The second kappa shape index (κ2) is 12.3. The molecule has 0 bridgehead atoms. The molecule has 1 aliphatic carbocycles. The molecule has 1 aliphatic rings. The van der Waals surface area contributed by atoms with Gasteiger partial charge in [0.05, 0.1) is 0 Å². The van der Waals surface area contributed by atoms with Crippen molar-refractivity contribution in [1.29, 1.82) is 0 Å². The number of fused-ring (bicyclic) bond motifs is 6. The lowest BCUT2D eigenvalue weighted by molar-refractivity contribution is 0.648. The molecule has 0 unspecified atom stereocenters. The fourth-order valence-electron chi connectivity index (χ4n) is 8.54. The van der Waals surface area contributed by atoms with Gasteiger partial charge < -0.3 is 9.32 Å². The summed E-state index contributed by atoms with van der Waals surface area (Å²) in [4.78, 5) is 2.34. The molecule has 0 amide bonds. The zero-order chi connectivity index (χ0) is 35.5. The van der Waals surface area contributed by atoms with Crippen LogP contribution in [0.25, 0.3) is 66.4 Å². The summed E-state index contributed by atoms with van der Waals surface area (Å²) in [5.74, 6) is 0. The van der Waals surface area contributed by atoms with Crippen molar-refractivity contribution >= 4 is 39.0 Å². The van der Waals surface area contributed by atoms with Crippen molar-refractivity contribution in [3.8, 4) is 44.5 Å². The van der Waals surface area contributed by atoms with Crippen molar-refractivity contribution in [2.75, 3.05) is 4.90 Å². The van der Waals surface area contributed by atoms with E-state index in [2.05, 4.69) is 207 Å². The van der Waals surface area contributed by atoms with Crippen LogP contribution in [-0.2, 0) is 5.41 Å². The van der Waals surface area contributed by atoms with Crippen molar-refractivity contribution in [2.45, 2.75) is 19.3 Å². The van der Waals surface area contributed by atoms with Gasteiger partial charge in [-0.2, -0.15) is 0 Å². The molecule has 0 atom stereocenters. The van der Waals surface area contributed by atoms with E-state index in [1.54, 1.807) is 0 Å². The first-order chi connectivity index (χ1) is 26.1. The molecule has 9 aromatic rings. The van der Waals surface area contributed by atoms with Gasteiger partial charge >= 0.3 is 0 Å². The number of rotatable bonds is 6. The van der Waals surface area contributed by atoms with E-state index in [0.717, 1.165) is 55.7 Å². The van der Waals surface area contributed by atoms with E-state index >= 15 is 0 Å². The summed E-state index contributed by atoms with van der Waals surface area (Å²) in [6, 6.07) is 67.5. The number of para-hydroxylation sites is 3. The number of furan rings is 1. The molecule has 0 radical (unpaired) electrons. The maximum absolute atomic E-state index is 7.07. The van der Waals surface area contributed by atoms with Crippen LogP contribution < -0.4 is 4.90 Å². The molecule has 252 valence electrons. The molecule has 2 heteroatoms. The molecule has 8 aromatic carbocycles. The molecule has 0 spiro atoms. The topological polar surface area (TPSA) is 16.4 Å². The molecule has 1 aromatic heterocycles. The Labute approximate surface area is 310 Å². The van der Waals surface area contributed by atoms with E-state index in [9.17, 15) is 0 Å². The fourth-order valence-corrected chi connectivity index (χ4v) is 8.54. The third-order valence-corrected chi connectivity index (χ3v) is 11.0. The van der Waals surface area contributed by atoms with E-state index in [1.807, 2.05) is 0 Å². The van der Waals surface area contributed by atoms with Gasteiger partial charge in [0.25, 0.3) is 0 Å². The minimum Gasteiger partial charge on any atom is -0.455 e. The van der Waals surface area contributed by atoms with Crippen LogP contribution in [0.5, 0.6) is 0 Å². The number of hydrogen-bond donors (Lipinski definition) is 0. The SMILES string of the molecule is CC1(C)c2ccccc2-c2c1cc1oc3c(-c4cccc(-c5ccccc5)c4)cccc3c1c2-c1cccc(N(c2ccccc2)c2ccccc2)c1. The van der Waals surface area contributed by atoms with Gasteiger partial charge in [-0.15, -0.1) is 0 Å². The van der Waals surface area contributed by atoms with Crippen LogP contribution in [0, 0.1) is 0 Å². The number of nitrogens with zero attached hydrogens (tertiary/aromatic N) is 1. The smallest absolute Gasteiger partial charge is 0.143 e. The molecule has 0 N–H and O–H groups in total. The molecule has 0 aliphatic heterocycles. The average Bonchev–Trinajstić information content (AvgIpc) is 3.70. The Kier molecular flexibility index (Phi) is 7.19. The molecular formula is C51H37NO. The Hall–Kier alpha value is -6.64. The first-order valence-electron chi connectivity index (χ1n) is 18.4.